The van der Waals surface area contributed by atoms with Gasteiger partial charge in [0.2, 0.25) is 5.91 Å². The second-order valence-corrected chi connectivity index (χ2v) is 7.01. The highest BCUT2D eigenvalue weighted by atomic mass is 16.5. The van der Waals surface area contributed by atoms with E-state index in [-0.39, 0.29) is 30.9 Å². The second-order valence-electron chi connectivity index (χ2n) is 7.01. The zero-order chi connectivity index (χ0) is 25.6. The van der Waals surface area contributed by atoms with E-state index in [1.807, 2.05) is 0 Å². The lowest BCUT2D eigenvalue weighted by molar-refractivity contribution is -0.144. The lowest BCUT2D eigenvalue weighted by atomic mass is 10.0. The number of benzene rings is 2. The molecule has 0 aliphatic rings. The Hall–Kier alpha value is -4.45. The Kier molecular flexibility index (Phi) is 10.7. The summed E-state index contributed by atoms with van der Waals surface area (Å²) < 4.78 is 10.3. The molecule has 2 aromatic rings. The van der Waals surface area contributed by atoms with E-state index in [1.165, 1.54) is 18.5 Å². The molecule has 2 aromatic carbocycles. The summed E-state index contributed by atoms with van der Waals surface area (Å²) >= 11 is 0. The van der Waals surface area contributed by atoms with Crippen LogP contribution in [-0.4, -0.2) is 55.0 Å². The predicted octanol–water partition coefficient (Wildman–Crippen LogP) is 0.814. The zero-order valence-electron chi connectivity index (χ0n) is 19.0. The van der Waals surface area contributed by atoms with Gasteiger partial charge in [0.1, 0.15) is 12.1 Å². The van der Waals surface area contributed by atoms with Crippen LogP contribution in [0.4, 0.5) is 5.69 Å². The van der Waals surface area contributed by atoms with Crippen LogP contribution in [0, 0.1) is 0 Å². The van der Waals surface area contributed by atoms with E-state index in [0.717, 1.165) is 0 Å². The molecule has 1 unspecified atom stereocenters. The molecule has 1 atom stereocenters. The molecule has 0 heterocycles. The molecule has 12 heteroatoms. The first-order chi connectivity index (χ1) is 16.8. The Balaban J connectivity index is 2.11. The summed E-state index contributed by atoms with van der Waals surface area (Å²) in [5.74, 6) is 2.49. The first-order valence-corrected chi connectivity index (χ1v) is 10.6. The summed E-state index contributed by atoms with van der Waals surface area (Å²) in [6.45, 7) is 0.820. The number of hydrogen-bond acceptors (Lipinski definition) is 8. The van der Waals surface area contributed by atoms with Crippen molar-refractivity contribution in [2.75, 3.05) is 19.8 Å². The fourth-order valence-electron chi connectivity index (χ4n) is 3.01. The van der Waals surface area contributed by atoms with Gasteiger partial charge >= 0.3 is 11.9 Å². The first-order valence-electron chi connectivity index (χ1n) is 10.6. The predicted molar refractivity (Wildman–Crippen MR) is 126 cm³/mol. The summed E-state index contributed by atoms with van der Waals surface area (Å²) in [4.78, 5) is 52.1. The summed E-state index contributed by atoms with van der Waals surface area (Å²) in [7, 11) is 0. The number of amides is 2. The number of carbonyl (C=O) groups is 4. The van der Waals surface area contributed by atoms with E-state index >= 15 is 0 Å². The molecule has 0 radical (unpaired) electrons. The van der Waals surface area contributed by atoms with Crippen LogP contribution < -0.4 is 26.6 Å². The average Bonchev–Trinajstić information content (AvgIpc) is 2.84. The fourth-order valence-corrected chi connectivity index (χ4v) is 3.01. The Bertz CT molecular complexity index is 1070. The van der Waals surface area contributed by atoms with E-state index in [1.54, 1.807) is 43.3 Å². The third-order valence-corrected chi connectivity index (χ3v) is 4.46. The van der Waals surface area contributed by atoms with Crippen molar-refractivity contribution in [1.82, 2.24) is 16.1 Å². The van der Waals surface area contributed by atoms with Crippen molar-refractivity contribution in [2.24, 2.45) is 10.8 Å². The van der Waals surface area contributed by atoms with Gasteiger partial charge in [-0.2, -0.15) is 0 Å². The summed E-state index contributed by atoms with van der Waals surface area (Å²) in [5, 5.41) is 14.1. The number of hydrogen-bond donors (Lipinski definition) is 5. The van der Waals surface area contributed by atoms with Crippen molar-refractivity contribution in [3.8, 4) is 5.75 Å². The van der Waals surface area contributed by atoms with E-state index in [2.05, 4.69) is 21.1 Å². The SMILES string of the molecule is CCOC(=O)CC(NC(=O)CNC(=O)c1cccc(N=CNN)c1)c1ccccc1OCC(=O)O. The molecule has 0 saturated heterocycles. The van der Waals surface area contributed by atoms with Crippen molar-refractivity contribution < 1.29 is 33.8 Å². The molecule has 0 aliphatic heterocycles. The number of hydrazine groups is 1. The van der Waals surface area contributed by atoms with Crippen molar-refractivity contribution in [3.63, 3.8) is 0 Å². The molecule has 6 N–H and O–H groups in total. The van der Waals surface area contributed by atoms with Crippen LogP contribution in [-0.2, 0) is 19.1 Å². The molecule has 0 saturated carbocycles. The topological polar surface area (TPSA) is 181 Å². The number of aliphatic imine (C=N–C) groups is 1. The standard InChI is InChI=1S/C23H27N5O7/c1-2-34-22(32)11-18(17-8-3-4-9-19(17)35-13-21(30)31)28-20(29)12-25-23(33)15-6-5-7-16(10-15)26-14-27-24/h3-10,14,18H,2,11-13,24H2,1H3,(H,25,33)(H,26,27)(H,28,29)(H,30,31). The van der Waals surface area contributed by atoms with Crippen LogP contribution in [0.15, 0.2) is 53.5 Å². The Labute approximate surface area is 201 Å². The van der Waals surface area contributed by atoms with Crippen molar-refractivity contribution in [3.05, 3.63) is 59.7 Å². The molecular formula is C23H27N5O7. The average molecular weight is 485 g/mol. The molecule has 0 aromatic heterocycles. The molecule has 0 fully saturated rings. The number of carbonyl (C=O) groups excluding carboxylic acids is 3. The van der Waals surface area contributed by atoms with Crippen LogP contribution in [0.5, 0.6) is 5.75 Å². The monoisotopic (exact) mass is 485 g/mol. The molecule has 35 heavy (non-hydrogen) atoms. The largest absolute Gasteiger partial charge is 0.482 e. The quantitative estimate of drug-likeness (QED) is 0.0901. The number of carboxylic acids is 1. The molecule has 0 bridgehead atoms. The van der Waals surface area contributed by atoms with Crippen molar-refractivity contribution >= 4 is 35.8 Å². The van der Waals surface area contributed by atoms with Gasteiger partial charge in [-0.3, -0.25) is 14.4 Å². The van der Waals surface area contributed by atoms with Crippen LogP contribution in [0.3, 0.4) is 0 Å². The molecule has 12 nitrogen and oxygen atoms in total. The Morgan fingerprint density at radius 3 is 2.63 bits per heavy atom. The van der Waals surface area contributed by atoms with E-state index in [0.29, 0.717) is 11.3 Å². The third kappa shape index (κ3) is 9.14. The molecule has 2 rings (SSSR count). The number of aliphatic carboxylic acids is 1. The maximum absolute atomic E-state index is 12.6. The highest BCUT2D eigenvalue weighted by molar-refractivity contribution is 5.97. The number of nitrogens with one attached hydrogen (secondary N) is 3. The molecule has 2 amide bonds. The lowest BCUT2D eigenvalue weighted by Crippen LogP contribution is -2.39. The summed E-state index contributed by atoms with van der Waals surface area (Å²) in [5.41, 5.74) is 3.41. The minimum Gasteiger partial charge on any atom is -0.482 e. The van der Waals surface area contributed by atoms with Gasteiger partial charge in [0.05, 0.1) is 31.3 Å². The van der Waals surface area contributed by atoms with Gasteiger partial charge in [-0.15, -0.1) is 0 Å². The highest BCUT2D eigenvalue weighted by Crippen LogP contribution is 2.27. The third-order valence-electron chi connectivity index (χ3n) is 4.46. The minimum atomic E-state index is -1.18. The maximum atomic E-state index is 12.6. The summed E-state index contributed by atoms with van der Waals surface area (Å²) in [6.07, 6.45) is 1.03. The molecule has 0 spiro atoms. The molecular weight excluding hydrogens is 458 g/mol. The number of rotatable bonds is 13. The van der Waals surface area contributed by atoms with Gasteiger partial charge in [0.15, 0.2) is 6.61 Å². The maximum Gasteiger partial charge on any atom is 0.341 e. The van der Waals surface area contributed by atoms with Gasteiger partial charge in [-0.05, 0) is 31.2 Å². The normalized spacial score (nSPS) is 11.4. The first kappa shape index (κ1) is 26.8. The van der Waals surface area contributed by atoms with Gasteiger partial charge in [-0.1, -0.05) is 24.3 Å². The number of nitrogens with zero attached hydrogens (tertiary/aromatic N) is 1. The number of esters is 1. The van der Waals surface area contributed by atoms with Gasteiger partial charge < -0.3 is 30.6 Å². The number of nitrogens with two attached hydrogens (primary N) is 1. The lowest BCUT2D eigenvalue weighted by Gasteiger charge is -2.21. The van der Waals surface area contributed by atoms with Crippen molar-refractivity contribution in [2.45, 2.75) is 19.4 Å². The fraction of sp³-hybridized carbons (Fsp3) is 0.261. The summed E-state index contributed by atoms with van der Waals surface area (Å²) in [6, 6.07) is 11.9. The van der Waals surface area contributed by atoms with Crippen LogP contribution in [0.25, 0.3) is 0 Å². The smallest absolute Gasteiger partial charge is 0.341 e. The number of para-hydroxylation sites is 1. The van der Waals surface area contributed by atoms with Gasteiger partial charge in [-0.25, -0.2) is 15.6 Å². The highest BCUT2D eigenvalue weighted by Gasteiger charge is 2.23. The number of carboxylic acid groups (broad SMARTS) is 1. The van der Waals surface area contributed by atoms with E-state index in [4.69, 9.17) is 20.4 Å². The van der Waals surface area contributed by atoms with Gasteiger partial charge in [0.25, 0.3) is 5.91 Å². The van der Waals surface area contributed by atoms with E-state index < -0.39 is 36.4 Å². The van der Waals surface area contributed by atoms with Gasteiger partial charge in [0, 0.05) is 11.1 Å². The van der Waals surface area contributed by atoms with Crippen molar-refractivity contribution in [1.29, 1.82) is 0 Å². The number of ether oxygens (including phenoxy) is 2. The second kappa shape index (κ2) is 14.0. The minimum absolute atomic E-state index is 0.150. The Morgan fingerprint density at radius 1 is 1.14 bits per heavy atom. The Morgan fingerprint density at radius 2 is 1.91 bits per heavy atom. The van der Waals surface area contributed by atoms with Crippen LogP contribution >= 0.6 is 0 Å². The van der Waals surface area contributed by atoms with Crippen LogP contribution in [0.1, 0.15) is 35.3 Å². The zero-order valence-corrected chi connectivity index (χ0v) is 19.0. The molecule has 186 valence electrons. The molecule has 0 aliphatic carbocycles. The van der Waals surface area contributed by atoms with E-state index in [9.17, 15) is 19.2 Å². The van der Waals surface area contributed by atoms with Crippen LogP contribution in [0.2, 0.25) is 0 Å².